The Kier molecular flexibility index (Phi) is 3.63. The Hall–Kier alpha value is -1.86. The first-order valence-electron chi connectivity index (χ1n) is 5.36. The minimum Gasteiger partial charge on any atom is -0.384 e. The summed E-state index contributed by atoms with van der Waals surface area (Å²) in [5.41, 5.74) is 6.94. The number of hydrogen-bond acceptors (Lipinski definition) is 4. The molecule has 0 fully saturated rings. The lowest BCUT2D eigenvalue weighted by Crippen LogP contribution is -2.24. The lowest BCUT2D eigenvalue weighted by atomic mass is 10.2. The van der Waals surface area contributed by atoms with E-state index >= 15 is 0 Å². The lowest BCUT2D eigenvalue weighted by Gasteiger charge is -2.06. The van der Waals surface area contributed by atoms with E-state index < -0.39 is 10.0 Å². The fourth-order valence-corrected chi connectivity index (χ4v) is 2.60. The molecule has 0 atom stereocenters. The summed E-state index contributed by atoms with van der Waals surface area (Å²) < 4.78 is 26.1. The van der Waals surface area contributed by atoms with E-state index in [1.54, 1.807) is 24.3 Å². The van der Waals surface area contributed by atoms with E-state index in [2.05, 4.69) is 14.9 Å². The van der Waals surface area contributed by atoms with E-state index in [4.69, 9.17) is 5.73 Å². The standard InChI is InChI=1S/C11H14N4O2S/c12-11-10(6-13-15-11)7-14-18(16,17)8-9-4-2-1-3-5-9/h1-6,14H,7-8H2,(H3,12,13,15). The molecule has 96 valence electrons. The molecule has 0 spiro atoms. The average molecular weight is 266 g/mol. The van der Waals surface area contributed by atoms with Crippen LogP contribution in [0, 0.1) is 0 Å². The maximum absolute atomic E-state index is 11.8. The molecule has 0 amide bonds. The van der Waals surface area contributed by atoms with Crippen molar-refractivity contribution in [2.75, 3.05) is 5.73 Å². The number of nitrogens with zero attached hydrogens (tertiary/aromatic N) is 1. The van der Waals surface area contributed by atoms with Gasteiger partial charge in [-0.1, -0.05) is 30.3 Å². The number of anilines is 1. The van der Waals surface area contributed by atoms with Crippen molar-refractivity contribution in [1.82, 2.24) is 14.9 Å². The monoisotopic (exact) mass is 266 g/mol. The van der Waals surface area contributed by atoms with Crippen LogP contribution in [0.2, 0.25) is 0 Å². The van der Waals surface area contributed by atoms with Gasteiger partial charge in [-0.2, -0.15) is 5.10 Å². The third kappa shape index (κ3) is 3.31. The minimum absolute atomic E-state index is 0.0500. The van der Waals surface area contributed by atoms with Crippen molar-refractivity contribution in [2.24, 2.45) is 0 Å². The summed E-state index contributed by atoms with van der Waals surface area (Å²) >= 11 is 0. The number of hydrogen-bond donors (Lipinski definition) is 3. The predicted octanol–water partition coefficient (Wildman–Crippen LogP) is 0.611. The summed E-state index contributed by atoms with van der Waals surface area (Å²) in [5.74, 6) is 0.323. The first-order chi connectivity index (χ1) is 8.57. The summed E-state index contributed by atoms with van der Waals surface area (Å²) in [4.78, 5) is 0. The van der Waals surface area contributed by atoms with Crippen LogP contribution in [0.3, 0.4) is 0 Å². The fourth-order valence-electron chi connectivity index (χ4n) is 1.49. The molecule has 0 aliphatic heterocycles. The molecule has 0 saturated carbocycles. The minimum atomic E-state index is -3.37. The zero-order valence-electron chi connectivity index (χ0n) is 9.63. The highest BCUT2D eigenvalue weighted by molar-refractivity contribution is 7.88. The average Bonchev–Trinajstić information content (AvgIpc) is 2.73. The van der Waals surface area contributed by atoms with Gasteiger partial charge in [-0.05, 0) is 5.56 Å². The highest BCUT2D eigenvalue weighted by atomic mass is 32.2. The number of nitrogens with one attached hydrogen (secondary N) is 2. The van der Waals surface area contributed by atoms with Gasteiger partial charge in [-0.3, -0.25) is 5.10 Å². The van der Waals surface area contributed by atoms with Crippen LogP contribution in [-0.2, 0) is 22.3 Å². The Bertz CT molecular complexity index is 607. The molecule has 0 aliphatic carbocycles. The van der Waals surface area contributed by atoms with Gasteiger partial charge in [0, 0.05) is 12.1 Å². The van der Waals surface area contributed by atoms with Crippen LogP contribution in [0.4, 0.5) is 5.82 Å². The second kappa shape index (κ2) is 5.19. The van der Waals surface area contributed by atoms with Crippen LogP contribution in [0.1, 0.15) is 11.1 Å². The Balaban J connectivity index is 1.98. The molecule has 0 bridgehead atoms. The van der Waals surface area contributed by atoms with E-state index in [1.807, 2.05) is 6.07 Å². The zero-order chi connectivity index (χ0) is 13.0. The van der Waals surface area contributed by atoms with Crippen molar-refractivity contribution in [3.8, 4) is 0 Å². The Labute approximate surface area is 105 Å². The number of nitrogen functional groups attached to an aromatic ring is 1. The van der Waals surface area contributed by atoms with E-state index in [1.165, 1.54) is 6.20 Å². The number of H-pyrrole nitrogens is 1. The van der Waals surface area contributed by atoms with E-state index in [0.717, 1.165) is 5.56 Å². The van der Waals surface area contributed by atoms with Gasteiger partial charge in [0.1, 0.15) is 5.82 Å². The lowest BCUT2D eigenvalue weighted by molar-refractivity contribution is 0.580. The van der Waals surface area contributed by atoms with Crippen molar-refractivity contribution >= 4 is 15.8 Å². The molecule has 2 rings (SSSR count). The molecule has 0 radical (unpaired) electrons. The van der Waals surface area contributed by atoms with Gasteiger partial charge in [-0.15, -0.1) is 0 Å². The van der Waals surface area contributed by atoms with Crippen molar-refractivity contribution < 1.29 is 8.42 Å². The summed E-state index contributed by atoms with van der Waals surface area (Å²) in [5, 5.41) is 6.27. The molecule has 1 heterocycles. The second-order valence-corrected chi connectivity index (χ2v) is 5.68. The normalized spacial score (nSPS) is 11.6. The molecule has 7 heteroatoms. The Morgan fingerprint density at radius 1 is 1.28 bits per heavy atom. The van der Waals surface area contributed by atoms with Crippen molar-refractivity contribution in [3.63, 3.8) is 0 Å². The van der Waals surface area contributed by atoms with Crippen LogP contribution in [0.15, 0.2) is 36.5 Å². The van der Waals surface area contributed by atoms with Gasteiger partial charge in [0.15, 0.2) is 0 Å². The van der Waals surface area contributed by atoms with Crippen LogP contribution in [0.5, 0.6) is 0 Å². The number of benzene rings is 1. The van der Waals surface area contributed by atoms with Crippen LogP contribution in [-0.4, -0.2) is 18.6 Å². The SMILES string of the molecule is Nc1[nH]ncc1CNS(=O)(=O)Cc1ccccc1. The molecule has 1 aromatic heterocycles. The second-order valence-electron chi connectivity index (χ2n) is 3.87. The maximum Gasteiger partial charge on any atom is 0.216 e. The molecule has 6 nitrogen and oxygen atoms in total. The summed E-state index contributed by atoms with van der Waals surface area (Å²) in [6.45, 7) is 0.136. The van der Waals surface area contributed by atoms with Gasteiger partial charge in [0.2, 0.25) is 10.0 Å². The van der Waals surface area contributed by atoms with Crippen molar-refractivity contribution in [3.05, 3.63) is 47.7 Å². The smallest absolute Gasteiger partial charge is 0.216 e. The molecule has 2 aromatic rings. The number of rotatable bonds is 5. The van der Waals surface area contributed by atoms with E-state index in [0.29, 0.717) is 11.4 Å². The Morgan fingerprint density at radius 2 is 2.00 bits per heavy atom. The first-order valence-corrected chi connectivity index (χ1v) is 7.01. The summed E-state index contributed by atoms with van der Waals surface area (Å²) in [6.07, 6.45) is 1.50. The maximum atomic E-state index is 11.8. The predicted molar refractivity (Wildman–Crippen MR) is 68.9 cm³/mol. The molecule has 0 unspecified atom stereocenters. The zero-order valence-corrected chi connectivity index (χ0v) is 10.4. The largest absolute Gasteiger partial charge is 0.384 e. The van der Waals surface area contributed by atoms with E-state index in [9.17, 15) is 8.42 Å². The molecular weight excluding hydrogens is 252 g/mol. The third-order valence-corrected chi connectivity index (χ3v) is 3.73. The number of aromatic amines is 1. The summed E-state index contributed by atoms with van der Waals surface area (Å²) in [7, 11) is -3.37. The number of aromatic nitrogens is 2. The quantitative estimate of drug-likeness (QED) is 0.738. The number of nitrogens with two attached hydrogens (primary N) is 1. The third-order valence-electron chi connectivity index (χ3n) is 2.43. The highest BCUT2D eigenvalue weighted by Gasteiger charge is 2.12. The molecule has 18 heavy (non-hydrogen) atoms. The molecule has 4 N–H and O–H groups in total. The van der Waals surface area contributed by atoms with Crippen molar-refractivity contribution in [1.29, 1.82) is 0 Å². The summed E-state index contributed by atoms with van der Waals surface area (Å²) in [6, 6.07) is 8.99. The van der Waals surface area contributed by atoms with E-state index in [-0.39, 0.29) is 12.3 Å². The van der Waals surface area contributed by atoms with Gasteiger partial charge in [0.25, 0.3) is 0 Å². The van der Waals surface area contributed by atoms with Crippen LogP contribution < -0.4 is 10.5 Å². The Morgan fingerprint density at radius 3 is 2.61 bits per heavy atom. The van der Waals surface area contributed by atoms with Crippen molar-refractivity contribution in [2.45, 2.75) is 12.3 Å². The first kappa shape index (κ1) is 12.6. The molecular formula is C11H14N4O2S. The van der Waals surface area contributed by atoms with Crippen LogP contribution >= 0.6 is 0 Å². The fraction of sp³-hybridized carbons (Fsp3) is 0.182. The van der Waals surface area contributed by atoms with Gasteiger partial charge in [-0.25, -0.2) is 13.1 Å². The van der Waals surface area contributed by atoms with Crippen LogP contribution in [0.25, 0.3) is 0 Å². The van der Waals surface area contributed by atoms with Gasteiger partial charge in [0.05, 0.1) is 11.9 Å². The van der Waals surface area contributed by atoms with Gasteiger partial charge < -0.3 is 5.73 Å². The highest BCUT2D eigenvalue weighted by Crippen LogP contribution is 2.08. The molecule has 0 aliphatic rings. The topological polar surface area (TPSA) is 101 Å². The molecule has 0 saturated heterocycles. The number of sulfonamides is 1. The molecule has 1 aromatic carbocycles. The van der Waals surface area contributed by atoms with Gasteiger partial charge >= 0.3 is 0 Å².